The predicted octanol–water partition coefficient (Wildman–Crippen LogP) is 2.50. The molecule has 2 N–H and O–H groups in total. The van der Waals surface area contributed by atoms with Gasteiger partial charge in [-0.2, -0.15) is 4.31 Å². The van der Waals surface area contributed by atoms with Crippen LogP contribution in [0.15, 0.2) is 53.4 Å². The molecule has 0 aromatic heterocycles. The van der Waals surface area contributed by atoms with Gasteiger partial charge in [0.25, 0.3) is 0 Å². The number of rotatable bonds is 4. The Hall–Kier alpha value is -1.76. The molecule has 2 aromatic carbocycles. The van der Waals surface area contributed by atoms with Crippen LogP contribution < -0.4 is 5.73 Å². The van der Waals surface area contributed by atoms with Crippen molar-refractivity contribution >= 4 is 10.0 Å². The topological polar surface area (TPSA) is 63.4 Å². The second-order valence-corrected chi connectivity index (χ2v) is 8.10. The number of benzene rings is 2. The molecule has 128 valence electrons. The van der Waals surface area contributed by atoms with Gasteiger partial charge in [0.1, 0.15) is 5.82 Å². The van der Waals surface area contributed by atoms with Crippen LogP contribution in [0.1, 0.15) is 17.0 Å². The van der Waals surface area contributed by atoms with E-state index in [0.29, 0.717) is 19.6 Å². The molecule has 3 rings (SSSR count). The van der Waals surface area contributed by atoms with Crippen LogP contribution in [0, 0.1) is 18.7 Å². The van der Waals surface area contributed by atoms with E-state index in [1.165, 1.54) is 29.4 Å². The highest BCUT2D eigenvalue weighted by molar-refractivity contribution is 7.89. The van der Waals surface area contributed by atoms with Gasteiger partial charge in [0.2, 0.25) is 10.0 Å². The van der Waals surface area contributed by atoms with Gasteiger partial charge in [0, 0.05) is 24.6 Å². The van der Waals surface area contributed by atoms with Crippen molar-refractivity contribution in [1.82, 2.24) is 4.31 Å². The van der Waals surface area contributed by atoms with Crippen molar-refractivity contribution < 1.29 is 12.8 Å². The minimum absolute atomic E-state index is 0.0342. The first-order valence-electron chi connectivity index (χ1n) is 7.95. The van der Waals surface area contributed by atoms with E-state index in [4.69, 9.17) is 5.73 Å². The van der Waals surface area contributed by atoms with Crippen molar-refractivity contribution in [1.29, 1.82) is 0 Å². The molecule has 1 fully saturated rings. The van der Waals surface area contributed by atoms with Crippen LogP contribution in [-0.4, -0.2) is 32.4 Å². The fourth-order valence-corrected chi connectivity index (χ4v) is 5.11. The Kier molecular flexibility index (Phi) is 4.71. The highest BCUT2D eigenvalue weighted by Gasteiger charge is 2.39. The van der Waals surface area contributed by atoms with Gasteiger partial charge in [0.15, 0.2) is 0 Å². The summed E-state index contributed by atoms with van der Waals surface area (Å²) in [4.78, 5) is 0.0342. The van der Waals surface area contributed by atoms with Crippen LogP contribution in [0.5, 0.6) is 0 Å². The van der Waals surface area contributed by atoms with Crippen molar-refractivity contribution in [3.63, 3.8) is 0 Å². The zero-order valence-electron chi connectivity index (χ0n) is 13.5. The number of nitrogens with two attached hydrogens (primary N) is 1. The fourth-order valence-electron chi connectivity index (χ4n) is 3.35. The minimum Gasteiger partial charge on any atom is -0.330 e. The van der Waals surface area contributed by atoms with Crippen LogP contribution in [0.2, 0.25) is 0 Å². The third kappa shape index (κ3) is 2.97. The zero-order chi connectivity index (χ0) is 17.3. The second-order valence-electron chi connectivity index (χ2n) is 6.20. The summed E-state index contributed by atoms with van der Waals surface area (Å²) in [5.74, 6) is -0.402. The number of hydrogen-bond acceptors (Lipinski definition) is 3. The van der Waals surface area contributed by atoms with E-state index in [2.05, 4.69) is 0 Å². The van der Waals surface area contributed by atoms with Crippen LogP contribution in [0.3, 0.4) is 0 Å². The molecule has 6 heteroatoms. The molecule has 0 unspecified atom stereocenters. The quantitative estimate of drug-likeness (QED) is 0.923. The third-order valence-corrected chi connectivity index (χ3v) is 6.75. The zero-order valence-corrected chi connectivity index (χ0v) is 14.3. The lowest BCUT2D eigenvalue weighted by Crippen LogP contribution is -2.30. The molecular formula is C18H21FN2O2S. The molecule has 0 bridgehead atoms. The molecule has 24 heavy (non-hydrogen) atoms. The lowest BCUT2D eigenvalue weighted by Gasteiger charge is -2.18. The third-order valence-electron chi connectivity index (χ3n) is 4.77. The maximum Gasteiger partial charge on any atom is 0.243 e. The Bertz CT molecular complexity index is 824. The summed E-state index contributed by atoms with van der Waals surface area (Å²) in [5, 5.41) is 0. The van der Waals surface area contributed by atoms with Crippen LogP contribution in [0.25, 0.3) is 0 Å². The van der Waals surface area contributed by atoms with Crippen molar-refractivity contribution in [2.75, 3.05) is 19.6 Å². The predicted molar refractivity (Wildman–Crippen MR) is 91.6 cm³/mol. The number of nitrogens with zero attached hydrogens (tertiary/aromatic N) is 1. The van der Waals surface area contributed by atoms with Crippen molar-refractivity contribution in [2.24, 2.45) is 11.7 Å². The largest absolute Gasteiger partial charge is 0.330 e. The molecule has 0 aliphatic carbocycles. The van der Waals surface area contributed by atoms with Gasteiger partial charge in [-0.05, 0) is 37.1 Å². The first-order chi connectivity index (χ1) is 11.4. The Morgan fingerprint density at radius 2 is 1.83 bits per heavy atom. The average molecular weight is 348 g/mol. The van der Waals surface area contributed by atoms with Gasteiger partial charge in [0.05, 0.1) is 4.90 Å². The van der Waals surface area contributed by atoms with Crippen molar-refractivity contribution in [3.05, 3.63) is 65.5 Å². The monoisotopic (exact) mass is 348 g/mol. The van der Waals surface area contributed by atoms with Gasteiger partial charge in [-0.3, -0.25) is 0 Å². The lowest BCUT2D eigenvalue weighted by molar-refractivity contribution is 0.457. The Morgan fingerprint density at radius 3 is 2.50 bits per heavy atom. The van der Waals surface area contributed by atoms with E-state index < -0.39 is 15.8 Å². The number of sulfonamides is 1. The summed E-state index contributed by atoms with van der Waals surface area (Å²) in [6.07, 6.45) is 0. The van der Waals surface area contributed by atoms with E-state index in [1.807, 2.05) is 30.3 Å². The lowest BCUT2D eigenvalue weighted by atomic mass is 9.89. The van der Waals surface area contributed by atoms with E-state index in [0.717, 1.165) is 5.56 Å². The minimum atomic E-state index is -3.74. The highest BCUT2D eigenvalue weighted by Crippen LogP contribution is 2.35. The first kappa shape index (κ1) is 17.1. The second kappa shape index (κ2) is 6.63. The van der Waals surface area contributed by atoms with Crippen molar-refractivity contribution in [3.8, 4) is 0 Å². The molecule has 0 saturated carbocycles. The molecule has 0 radical (unpaired) electrons. The van der Waals surface area contributed by atoms with E-state index >= 15 is 0 Å². The number of halogens is 1. The SMILES string of the molecule is Cc1c(F)cccc1S(=O)(=O)N1C[C@@H](CN)[C@H](c2ccccc2)C1. The van der Waals surface area contributed by atoms with Gasteiger partial charge in [-0.25, -0.2) is 12.8 Å². The molecule has 4 nitrogen and oxygen atoms in total. The van der Waals surface area contributed by atoms with E-state index in [9.17, 15) is 12.8 Å². The van der Waals surface area contributed by atoms with Gasteiger partial charge in [-0.1, -0.05) is 36.4 Å². The summed E-state index contributed by atoms with van der Waals surface area (Å²) < 4.78 is 41.1. The standard InChI is InChI=1S/C18H21FN2O2S/c1-13-17(19)8-5-9-18(13)24(22,23)21-11-15(10-20)16(12-21)14-6-3-2-4-7-14/h2-9,15-16H,10-12,20H2,1H3/t15-,16+/m1/s1. The van der Waals surface area contributed by atoms with Crippen molar-refractivity contribution in [2.45, 2.75) is 17.7 Å². The van der Waals surface area contributed by atoms with Crippen LogP contribution >= 0.6 is 0 Å². The van der Waals surface area contributed by atoms with Gasteiger partial charge in [-0.15, -0.1) is 0 Å². The first-order valence-corrected chi connectivity index (χ1v) is 9.39. The summed E-state index contributed by atoms with van der Waals surface area (Å²) >= 11 is 0. The molecule has 1 aliphatic rings. The van der Waals surface area contributed by atoms with Gasteiger partial charge < -0.3 is 5.73 Å². The summed E-state index contributed by atoms with van der Waals surface area (Å²) in [7, 11) is -3.74. The maximum atomic E-state index is 13.8. The van der Waals surface area contributed by atoms with E-state index in [1.54, 1.807) is 0 Å². The van der Waals surface area contributed by atoms with E-state index in [-0.39, 0.29) is 22.3 Å². The molecule has 1 saturated heterocycles. The molecule has 2 atom stereocenters. The Morgan fingerprint density at radius 1 is 1.12 bits per heavy atom. The molecule has 2 aromatic rings. The normalized spacial score (nSPS) is 22.0. The van der Waals surface area contributed by atoms with Gasteiger partial charge >= 0.3 is 0 Å². The van der Waals surface area contributed by atoms with Crippen LogP contribution in [0.4, 0.5) is 4.39 Å². The molecule has 1 aliphatic heterocycles. The fraction of sp³-hybridized carbons (Fsp3) is 0.333. The molecule has 0 spiro atoms. The maximum absolute atomic E-state index is 13.8. The number of hydrogen-bond donors (Lipinski definition) is 1. The Labute approximate surface area is 142 Å². The molecule has 0 amide bonds. The smallest absolute Gasteiger partial charge is 0.243 e. The summed E-state index contributed by atoms with van der Waals surface area (Å²) in [6, 6.07) is 14.0. The van der Waals surface area contributed by atoms with Crippen LogP contribution in [-0.2, 0) is 10.0 Å². The molecular weight excluding hydrogens is 327 g/mol. The summed E-state index contributed by atoms with van der Waals surface area (Å²) in [6.45, 7) is 2.62. The average Bonchev–Trinajstić information content (AvgIpc) is 3.03. The molecule has 1 heterocycles. The summed E-state index contributed by atoms with van der Waals surface area (Å²) in [5.41, 5.74) is 7.12. The Balaban J connectivity index is 1.94. The highest BCUT2D eigenvalue weighted by atomic mass is 32.2.